The van der Waals surface area contributed by atoms with E-state index in [1.165, 1.54) is 11.9 Å². The number of anilines is 3. The van der Waals surface area contributed by atoms with Crippen LogP contribution < -0.4 is 16.4 Å². The van der Waals surface area contributed by atoms with Gasteiger partial charge in [0.05, 0.1) is 6.04 Å². The summed E-state index contributed by atoms with van der Waals surface area (Å²) in [4.78, 5) is 8.45. The summed E-state index contributed by atoms with van der Waals surface area (Å²) in [5.41, 5.74) is 7.90. The van der Waals surface area contributed by atoms with Gasteiger partial charge < -0.3 is 16.4 Å². The van der Waals surface area contributed by atoms with Gasteiger partial charge in [-0.25, -0.2) is 9.97 Å². The molecule has 0 spiro atoms. The second-order valence-corrected chi connectivity index (χ2v) is 5.04. The predicted octanol–water partition coefficient (Wildman–Crippen LogP) is 3.44. The molecule has 0 radical (unpaired) electrons. The zero-order valence-corrected chi connectivity index (χ0v) is 12.6. The molecule has 21 heavy (non-hydrogen) atoms. The van der Waals surface area contributed by atoms with Crippen LogP contribution in [0.25, 0.3) is 0 Å². The van der Waals surface area contributed by atoms with Crippen molar-refractivity contribution < 1.29 is 0 Å². The molecule has 1 aromatic carbocycles. The highest BCUT2D eigenvalue weighted by Crippen LogP contribution is 2.26. The SMILES string of the molecule is CCCCNc1ncnc(NC(C)c2ccccc2)c1N. The lowest BCUT2D eigenvalue weighted by Crippen LogP contribution is -2.13. The Balaban J connectivity index is 2.08. The number of benzene rings is 1. The topological polar surface area (TPSA) is 75.9 Å². The predicted molar refractivity (Wildman–Crippen MR) is 88.3 cm³/mol. The van der Waals surface area contributed by atoms with E-state index in [2.05, 4.69) is 46.6 Å². The molecule has 1 heterocycles. The number of aromatic nitrogens is 2. The third-order valence-corrected chi connectivity index (χ3v) is 3.36. The van der Waals surface area contributed by atoms with Gasteiger partial charge in [-0.05, 0) is 18.9 Å². The van der Waals surface area contributed by atoms with Gasteiger partial charge in [0.15, 0.2) is 11.6 Å². The van der Waals surface area contributed by atoms with E-state index in [0.717, 1.165) is 19.4 Å². The fourth-order valence-corrected chi connectivity index (χ4v) is 2.07. The van der Waals surface area contributed by atoms with Gasteiger partial charge in [-0.3, -0.25) is 0 Å². The van der Waals surface area contributed by atoms with Gasteiger partial charge in [-0.2, -0.15) is 0 Å². The van der Waals surface area contributed by atoms with Crippen molar-refractivity contribution in [3.05, 3.63) is 42.2 Å². The van der Waals surface area contributed by atoms with E-state index in [-0.39, 0.29) is 6.04 Å². The van der Waals surface area contributed by atoms with Crippen molar-refractivity contribution >= 4 is 17.3 Å². The van der Waals surface area contributed by atoms with Crippen LogP contribution in [-0.2, 0) is 0 Å². The van der Waals surface area contributed by atoms with Gasteiger partial charge in [-0.15, -0.1) is 0 Å². The fourth-order valence-electron chi connectivity index (χ4n) is 2.07. The van der Waals surface area contributed by atoms with Crippen LogP contribution in [0.1, 0.15) is 38.3 Å². The molecule has 0 aliphatic carbocycles. The molecule has 0 aliphatic heterocycles. The first-order valence-electron chi connectivity index (χ1n) is 7.38. The smallest absolute Gasteiger partial charge is 0.155 e. The Hall–Kier alpha value is -2.30. The third kappa shape index (κ3) is 4.08. The first-order valence-corrected chi connectivity index (χ1v) is 7.38. The molecule has 5 nitrogen and oxygen atoms in total. The van der Waals surface area contributed by atoms with Gasteiger partial charge in [0, 0.05) is 6.54 Å². The highest BCUT2D eigenvalue weighted by molar-refractivity contribution is 5.74. The van der Waals surface area contributed by atoms with Crippen molar-refractivity contribution in [2.75, 3.05) is 22.9 Å². The Labute approximate surface area is 126 Å². The van der Waals surface area contributed by atoms with Crippen LogP contribution in [0.4, 0.5) is 17.3 Å². The van der Waals surface area contributed by atoms with Crippen LogP contribution in [-0.4, -0.2) is 16.5 Å². The van der Waals surface area contributed by atoms with Crippen molar-refractivity contribution in [1.82, 2.24) is 9.97 Å². The molecule has 5 heteroatoms. The van der Waals surface area contributed by atoms with Crippen LogP contribution in [0.2, 0.25) is 0 Å². The number of nitrogen functional groups attached to an aromatic ring is 1. The molecular weight excluding hydrogens is 262 g/mol. The maximum absolute atomic E-state index is 6.14. The van der Waals surface area contributed by atoms with Gasteiger partial charge in [0.1, 0.15) is 12.0 Å². The maximum atomic E-state index is 6.14. The molecule has 2 aromatic rings. The molecule has 0 amide bonds. The van der Waals surface area contributed by atoms with Crippen LogP contribution in [0.3, 0.4) is 0 Å². The summed E-state index contributed by atoms with van der Waals surface area (Å²) in [6.07, 6.45) is 3.76. The molecule has 1 aromatic heterocycles. The number of rotatable bonds is 7. The number of hydrogen-bond acceptors (Lipinski definition) is 5. The minimum absolute atomic E-state index is 0.131. The second-order valence-electron chi connectivity index (χ2n) is 5.04. The quantitative estimate of drug-likeness (QED) is 0.679. The molecule has 0 aliphatic rings. The normalized spacial score (nSPS) is 11.9. The molecule has 112 valence electrons. The van der Waals surface area contributed by atoms with Gasteiger partial charge in [-0.1, -0.05) is 43.7 Å². The highest BCUT2D eigenvalue weighted by atomic mass is 15.1. The molecule has 0 bridgehead atoms. The second kappa shape index (κ2) is 7.47. The lowest BCUT2D eigenvalue weighted by molar-refractivity contribution is 0.830. The van der Waals surface area contributed by atoms with Crippen molar-refractivity contribution in [2.45, 2.75) is 32.7 Å². The van der Waals surface area contributed by atoms with E-state index < -0.39 is 0 Å². The van der Waals surface area contributed by atoms with E-state index in [9.17, 15) is 0 Å². The Morgan fingerprint density at radius 2 is 1.86 bits per heavy atom. The third-order valence-electron chi connectivity index (χ3n) is 3.36. The summed E-state index contributed by atoms with van der Waals surface area (Å²) in [7, 11) is 0. The molecule has 4 N–H and O–H groups in total. The lowest BCUT2D eigenvalue weighted by atomic mass is 10.1. The first kappa shape index (κ1) is 15.1. The average Bonchev–Trinajstić information content (AvgIpc) is 2.52. The van der Waals surface area contributed by atoms with Crippen molar-refractivity contribution in [3.63, 3.8) is 0 Å². The van der Waals surface area contributed by atoms with Gasteiger partial charge in [0.2, 0.25) is 0 Å². The van der Waals surface area contributed by atoms with E-state index in [1.54, 1.807) is 0 Å². The summed E-state index contributed by atoms with van der Waals surface area (Å²) < 4.78 is 0. The Bertz CT molecular complexity index is 556. The first-order chi connectivity index (χ1) is 10.2. The molecular formula is C16H23N5. The molecule has 1 unspecified atom stereocenters. The summed E-state index contributed by atoms with van der Waals surface area (Å²) in [5.74, 6) is 1.36. The lowest BCUT2D eigenvalue weighted by Gasteiger charge is -2.17. The van der Waals surface area contributed by atoms with Crippen LogP contribution in [0.15, 0.2) is 36.7 Å². The fraction of sp³-hybridized carbons (Fsp3) is 0.375. The van der Waals surface area contributed by atoms with E-state index in [4.69, 9.17) is 5.73 Å². The number of unbranched alkanes of at least 4 members (excludes halogenated alkanes) is 1. The number of hydrogen-bond donors (Lipinski definition) is 3. The summed E-state index contributed by atoms with van der Waals surface area (Å²) >= 11 is 0. The Morgan fingerprint density at radius 3 is 2.57 bits per heavy atom. The van der Waals surface area contributed by atoms with E-state index in [1.807, 2.05) is 18.2 Å². The minimum atomic E-state index is 0.131. The van der Waals surface area contributed by atoms with Crippen molar-refractivity contribution in [1.29, 1.82) is 0 Å². The van der Waals surface area contributed by atoms with E-state index in [0.29, 0.717) is 17.3 Å². The van der Waals surface area contributed by atoms with Gasteiger partial charge in [0.25, 0.3) is 0 Å². The standard InChI is InChI=1S/C16H23N5/c1-3-4-10-18-15-14(17)16(20-11-19-15)21-12(2)13-8-6-5-7-9-13/h5-9,11-12H,3-4,10,17H2,1-2H3,(H2,18,19,20,21). The summed E-state index contributed by atoms with van der Waals surface area (Å²) in [6.45, 7) is 5.10. The molecule has 0 saturated heterocycles. The van der Waals surface area contributed by atoms with Crippen LogP contribution in [0, 0.1) is 0 Å². The monoisotopic (exact) mass is 285 g/mol. The zero-order valence-electron chi connectivity index (χ0n) is 12.6. The molecule has 0 saturated carbocycles. The zero-order chi connectivity index (χ0) is 15.1. The average molecular weight is 285 g/mol. The molecule has 2 rings (SSSR count). The van der Waals surface area contributed by atoms with Crippen molar-refractivity contribution in [2.24, 2.45) is 0 Å². The largest absolute Gasteiger partial charge is 0.393 e. The number of nitrogens with one attached hydrogen (secondary N) is 2. The number of nitrogens with two attached hydrogens (primary N) is 1. The highest BCUT2D eigenvalue weighted by Gasteiger charge is 2.11. The van der Waals surface area contributed by atoms with Crippen LogP contribution >= 0.6 is 0 Å². The number of nitrogens with zero attached hydrogens (tertiary/aromatic N) is 2. The maximum Gasteiger partial charge on any atom is 0.155 e. The van der Waals surface area contributed by atoms with Crippen molar-refractivity contribution in [3.8, 4) is 0 Å². The summed E-state index contributed by atoms with van der Waals surface area (Å²) in [5, 5.41) is 6.59. The van der Waals surface area contributed by atoms with Crippen LogP contribution in [0.5, 0.6) is 0 Å². The Kier molecular flexibility index (Phi) is 5.37. The van der Waals surface area contributed by atoms with E-state index >= 15 is 0 Å². The summed E-state index contributed by atoms with van der Waals surface area (Å²) in [6, 6.07) is 10.3. The van der Waals surface area contributed by atoms with Gasteiger partial charge >= 0.3 is 0 Å². The molecule has 0 fully saturated rings. The molecule has 1 atom stereocenters. The minimum Gasteiger partial charge on any atom is -0.393 e. The Morgan fingerprint density at radius 1 is 1.14 bits per heavy atom.